The zero-order valence-corrected chi connectivity index (χ0v) is 33.7. The van der Waals surface area contributed by atoms with E-state index in [-0.39, 0.29) is 36.5 Å². The first-order valence-electron chi connectivity index (χ1n) is 20.0. The van der Waals surface area contributed by atoms with E-state index in [0.29, 0.717) is 151 Å². The van der Waals surface area contributed by atoms with Gasteiger partial charge in [0.2, 0.25) is 11.8 Å². The van der Waals surface area contributed by atoms with Crippen LogP contribution >= 0.6 is 0 Å². The summed E-state index contributed by atoms with van der Waals surface area (Å²) in [5, 5.41) is 5.33. The highest BCUT2D eigenvalue weighted by Crippen LogP contribution is 2.32. The topological polar surface area (TPSA) is 214 Å². The quantitative estimate of drug-likeness (QED) is 0.0544. The number of imide groups is 2. The molecule has 2 N–H and O–H groups in total. The summed E-state index contributed by atoms with van der Waals surface area (Å²) < 4.78 is 59.7. The van der Waals surface area contributed by atoms with Crippen LogP contribution in [-0.4, -0.2) is 186 Å². The molecule has 0 radical (unpaired) electrons. The van der Waals surface area contributed by atoms with Crippen LogP contribution in [-0.2, 0) is 66.5 Å². The molecule has 1 aromatic carbocycles. The molecule has 4 amide bonds. The molecule has 19 nitrogen and oxygen atoms in total. The molecule has 328 valence electrons. The predicted octanol–water partition coefficient (Wildman–Crippen LogP) is 1.01. The second-order valence-electron chi connectivity index (χ2n) is 12.7. The molecular formula is C39H61N3O16. The van der Waals surface area contributed by atoms with E-state index in [1.807, 2.05) is 6.92 Å². The number of ether oxygens (including phenoxy) is 11. The van der Waals surface area contributed by atoms with Gasteiger partial charge in [0, 0.05) is 25.1 Å². The minimum Gasteiger partial charge on any atom is -0.463 e. The average Bonchev–Trinajstić information content (AvgIpc) is 3.47. The molecule has 1 saturated heterocycles. The maximum atomic E-state index is 13.2. The third kappa shape index (κ3) is 19.9. The molecule has 1 unspecified atom stereocenters. The predicted molar refractivity (Wildman–Crippen MR) is 206 cm³/mol. The highest BCUT2D eigenvalue weighted by Gasteiger charge is 2.45. The SMILES string of the molecule is CCCC(=O)OCCOCCOCCOCCOCCOCCOCCOCCOCCOCCOCCNc1cccc2c1C(=O)N(C1CCC(=O)NC1=O)C2=O. The summed E-state index contributed by atoms with van der Waals surface area (Å²) in [7, 11) is 0. The van der Waals surface area contributed by atoms with E-state index in [1.54, 1.807) is 18.2 Å². The number of amides is 4. The summed E-state index contributed by atoms with van der Waals surface area (Å²) in [5.41, 5.74) is 0.897. The lowest BCUT2D eigenvalue weighted by molar-refractivity contribution is -0.145. The average molecular weight is 828 g/mol. The Morgan fingerprint density at radius 1 is 0.621 bits per heavy atom. The van der Waals surface area contributed by atoms with E-state index in [2.05, 4.69) is 10.6 Å². The molecule has 0 bridgehead atoms. The Kier molecular flexibility index (Phi) is 26.3. The summed E-state index contributed by atoms with van der Waals surface area (Å²) in [6.45, 7) is 11.2. The lowest BCUT2D eigenvalue weighted by atomic mass is 10.0. The summed E-state index contributed by atoms with van der Waals surface area (Å²) in [6.07, 6.45) is 1.37. The van der Waals surface area contributed by atoms with Gasteiger partial charge in [0.15, 0.2) is 0 Å². The standard InChI is InChI=1S/C39H61N3O16/c1-2-4-35(44)58-30-29-57-28-27-56-26-25-55-24-23-54-22-21-53-20-19-52-18-17-51-16-15-50-14-13-49-12-11-48-10-9-40-32-6-3-5-31-36(32)39(47)42(38(31)46)33-7-8-34(43)41-37(33)45/h3,5-6,33,40H,2,4,7-30H2,1H3,(H,41,43,45). The number of nitrogens with zero attached hydrogens (tertiary/aromatic N) is 1. The van der Waals surface area contributed by atoms with Crippen LogP contribution in [0.4, 0.5) is 5.69 Å². The van der Waals surface area contributed by atoms with Crippen LogP contribution in [0.5, 0.6) is 0 Å². The minimum atomic E-state index is -1.01. The van der Waals surface area contributed by atoms with Gasteiger partial charge in [0.1, 0.15) is 12.6 Å². The highest BCUT2D eigenvalue weighted by molar-refractivity contribution is 6.25. The number of fused-ring (bicyclic) bond motifs is 1. The van der Waals surface area contributed by atoms with Gasteiger partial charge >= 0.3 is 5.97 Å². The van der Waals surface area contributed by atoms with Crippen molar-refractivity contribution in [1.82, 2.24) is 10.2 Å². The minimum absolute atomic E-state index is 0.0627. The summed E-state index contributed by atoms with van der Waals surface area (Å²) in [6, 6.07) is 3.89. The van der Waals surface area contributed by atoms with Crippen LogP contribution < -0.4 is 10.6 Å². The number of anilines is 1. The Labute approximate surface area is 339 Å². The van der Waals surface area contributed by atoms with E-state index in [1.165, 1.54) is 0 Å². The highest BCUT2D eigenvalue weighted by atomic mass is 16.6. The van der Waals surface area contributed by atoms with Crippen molar-refractivity contribution >= 4 is 35.3 Å². The molecule has 2 aliphatic rings. The lowest BCUT2D eigenvalue weighted by Gasteiger charge is -2.27. The number of rotatable bonds is 37. The van der Waals surface area contributed by atoms with Crippen LogP contribution in [0.2, 0.25) is 0 Å². The normalized spacial score (nSPS) is 15.3. The van der Waals surface area contributed by atoms with Gasteiger partial charge in [0.05, 0.1) is 143 Å². The Bertz CT molecular complexity index is 1350. The van der Waals surface area contributed by atoms with E-state index in [0.717, 1.165) is 11.3 Å². The third-order valence-electron chi connectivity index (χ3n) is 8.32. The van der Waals surface area contributed by atoms with Gasteiger partial charge in [-0.25, -0.2) is 0 Å². The van der Waals surface area contributed by atoms with Crippen LogP contribution in [0, 0.1) is 0 Å². The molecule has 3 rings (SSSR count). The fourth-order valence-corrected chi connectivity index (χ4v) is 5.49. The van der Waals surface area contributed by atoms with Crippen molar-refractivity contribution in [3.8, 4) is 0 Å². The van der Waals surface area contributed by atoms with Crippen molar-refractivity contribution in [3.05, 3.63) is 29.3 Å². The third-order valence-corrected chi connectivity index (χ3v) is 8.32. The summed E-state index contributed by atoms with van der Waals surface area (Å²) in [4.78, 5) is 62.1. The molecule has 19 heteroatoms. The number of piperidine rings is 1. The lowest BCUT2D eigenvalue weighted by Crippen LogP contribution is -2.54. The Morgan fingerprint density at radius 2 is 1.05 bits per heavy atom. The van der Waals surface area contributed by atoms with E-state index in [4.69, 9.17) is 52.1 Å². The molecule has 58 heavy (non-hydrogen) atoms. The molecule has 0 aromatic heterocycles. The fourth-order valence-electron chi connectivity index (χ4n) is 5.49. The second kappa shape index (κ2) is 31.3. The number of nitrogens with one attached hydrogen (secondary N) is 2. The van der Waals surface area contributed by atoms with Gasteiger partial charge in [-0.1, -0.05) is 13.0 Å². The van der Waals surface area contributed by atoms with E-state index in [9.17, 15) is 24.0 Å². The van der Waals surface area contributed by atoms with Gasteiger partial charge in [-0.2, -0.15) is 0 Å². The molecule has 0 saturated carbocycles. The largest absolute Gasteiger partial charge is 0.463 e. The molecule has 1 aromatic rings. The van der Waals surface area contributed by atoms with Gasteiger partial charge < -0.3 is 57.4 Å². The molecule has 1 fully saturated rings. The first kappa shape index (κ1) is 48.7. The van der Waals surface area contributed by atoms with Crippen LogP contribution in [0.15, 0.2) is 18.2 Å². The zero-order chi connectivity index (χ0) is 41.5. The molecule has 2 heterocycles. The number of hydrogen-bond donors (Lipinski definition) is 2. The van der Waals surface area contributed by atoms with Gasteiger partial charge in [-0.15, -0.1) is 0 Å². The number of hydrogen-bond acceptors (Lipinski definition) is 17. The van der Waals surface area contributed by atoms with Crippen molar-refractivity contribution < 1.29 is 76.1 Å². The van der Waals surface area contributed by atoms with Crippen molar-refractivity contribution in [2.45, 2.75) is 38.6 Å². The van der Waals surface area contributed by atoms with Crippen molar-refractivity contribution in [2.75, 3.05) is 151 Å². The van der Waals surface area contributed by atoms with Crippen LogP contribution in [0.25, 0.3) is 0 Å². The van der Waals surface area contributed by atoms with E-state index < -0.39 is 29.7 Å². The number of benzene rings is 1. The smallest absolute Gasteiger partial charge is 0.305 e. The van der Waals surface area contributed by atoms with Crippen molar-refractivity contribution in [2.24, 2.45) is 0 Å². The Hall–Kier alpha value is -3.63. The maximum absolute atomic E-state index is 13.2. The molecule has 2 aliphatic heterocycles. The van der Waals surface area contributed by atoms with Crippen molar-refractivity contribution in [3.63, 3.8) is 0 Å². The monoisotopic (exact) mass is 827 g/mol. The van der Waals surface area contributed by atoms with Gasteiger partial charge in [0.25, 0.3) is 11.8 Å². The van der Waals surface area contributed by atoms with Gasteiger partial charge in [-0.05, 0) is 25.0 Å². The molecular weight excluding hydrogens is 766 g/mol. The summed E-state index contributed by atoms with van der Waals surface area (Å²) in [5.74, 6) is -2.38. The van der Waals surface area contributed by atoms with Gasteiger partial charge in [-0.3, -0.25) is 34.2 Å². The number of esters is 1. The first-order chi connectivity index (χ1) is 28.4. The zero-order valence-electron chi connectivity index (χ0n) is 33.7. The molecule has 0 spiro atoms. The molecule has 1 atom stereocenters. The maximum Gasteiger partial charge on any atom is 0.305 e. The van der Waals surface area contributed by atoms with E-state index >= 15 is 0 Å². The molecule has 0 aliphatic carbocycles. The Morgan fingerprint density at radius 3 is 1.48 bits per heavy atom. The van der Waals surface area contributed by atoms with Crippen LogP contribution in [0.1, 0.15) is 53.3 Å². The summed E-state index contributed by atoms with van der Waals surface area (Å²) >= 11 is 0. The van der Waals surface area contributed by atoms with Crippen LogP contribution in [0.3, 0.4) is 0 Å². The number of carbonyl (C=O) groups excluding carboxylic acids is 5. The van der Waals surface area contributed by atoms with Crippen molar-refractivity contribution in [1.29, 1.82) is 0 Å². The second-order valence-corrected chi connectivity index (χ2v) is 12.7. The number of carbonyl (C=O) groups is 5. The fraction of sp³-hybridized carbons (Fsp3) is 0.718. The first-order valence-corrected chi connectivity index (χ1v) is 20.0. The Balaban J connectivity index is 0.993.